The number of carbonyl (C=O) groups excluding carboxylic acids is 1. The molecule has 0 bridgehead atoms. The Labute approximate surface area is 158 Å². The van der Waals surface area contributed by atoms with Gasteiger partial charge in [-0.2, -0.15) is 13.2 Å². The average Bonchev–Trinajstić information content (AvgIpc) is 3.28. The van der Waals surface area contributed by atoms with Gasteiger partial charge in [-0.05, 0) is 35.7 Å². The normalized spacial score (nSPS) is 12.7. The summed E-state index contributed by atoms with van der Waals surface area (Å²) in [5.74, 6) is 0.231. The molecule has 0 saturated carbocycles. The van der Waals surface area contributed by atoms with Crippen LogP contribution >= 0.6 is 11.3 Å². The van der Waals surface area contributed by atoms with Crippen LogP contribution in [0.25, 0.3) is 0 Å². The van der Waals surface area contributed by atoms with Crippen LogP contribution in [0.15, 0.2) is 64.6 Å². The van der Waals surface area contributed by atoms with E-state index < -0.39 is 17.6 Å². The van der Waals surface area contributed by atoms with Crippen molar-refractivity contribution >= 4 is 22.9 Å². The van der Waals surface area contributed by atoms with E-state index in [2.05, 4.69) is 5.32 Å². The lowest BCUT2D eigenvalue weighted by atomic mass is 10.1. The summed E-state index contributed by atoms with van der Waals surface area (Å²) in [4.78, 5) is 14.4. The summed E-state index contributed by atoms with van der Waals surface area (Å²) in [6.45, 7) is 1.05. The minimum atomic E-state index is -4.53. The zero-order valence-corrected chi connectivity index (χ0v) is 15.1. The number of rotatable bonds is 7. The number of anilines is 1. The molecule has 2 heterocycles. The largest absolute Gasteiger partial charge is 0.463 e. The van der Waals surface area contributed by atoms with Gasteiger partial charge >= 0.3 is 6.18 Å². The molecule has 0 aliphatic heterocycles. The fraction of sp³-hybridized carbons (Fsp3) is 0.211. The first kappa shape index (κ1) is 19.2. The second kappa shape index (κ2) is 8.41. The number of carbonyl (C=O) groups is 1. The van der Waals surface area contributed by atoms with Crippen molar-refractivity contribution in [2.24, 2.45) is 0 Å². The van der Waals surface area contributed by atoms with Crippen molar-refractivity contribution in [1.82, 2.24) is 0 Å². The molecule has 2 N–H and O–H groups in total. The quantitative estimate of drug-likeness (QED) is 0.642. The second-order valence-corrected chi connectivity index (χ2v) is 7.06. The Kier molecular flexibility index (Phi) is 5.98. The molecule has 4 nitrogen and oxygen atoms in total. The van der Waals surface area contributed by atoms with E-state index in [1.165, 1.54) is 18.2 Å². The van der Waals surface area contributed by atoms with Crippen molar-refractivity contribution in [3.05, 3.63) is 76.4 Å². The summed E-state index contributed by atoms with van der Waals surface area (Å²) in [7, 11) is 0. The molecule has 0 aliphatic rings. The van der Waals surface area contributed by atoms with Gasteiger partial charge in [0.05, 0.1) is 22.4 Å². The number of nitrogens with one attached hydrogen (secondary N) is 2. The number of quaternary nitrogens is 1. The Morgan fingerprint density at radius 3 is 2.56 bits per heavy atom. The number of alkyl halides is 3. The van der Waals surface area contributed by atoms with Crippen LogP contribution in [0.4, 0.5) is 18.9 Å². The van der Waals surface area contributed by atoms with Crippen LogP contribution < -0.4 is 10.2 Å². The molecule has 1 amide bonds. The molecule has 3 rings (SSSR count). The fourth-order valence-corrected chi connectivity index (χ4v) is 3.54. The summed E-state index contributed by atoms with van der Waals surface area (Å²) in [6.07, 6.45) is -2.97. The first-order chi connectivity index (χ1) is 12.9. The Hall–Kier alpha value is -2.58. The van der Waals surface area contributed by atoms with Crippen molar-refractivity contribution in [2.45, 2.75) is 19.3 Å². The lowest BCUT2D eigenvalue weighted by Gasteiger charge is -2.18. The van der Waals surface area contributed by atoms with Crippen LogP contribution in [-0.2, 0) is 24.1 Å². The summed E-state index contributed by atoms with van der Waals surface area (Å²) < 4.78 is 44.6. The van der Waals surface area contributed by atoms with Crippen LogP contribution in [0.2, 0.25) is 0 Å². The number of halogens is 3. The first-order valence-electron chi connectivity index (χ1n) is 8.26. The molecule has 2 aromatic heterocycles. The molecule has 27 heavy (non-hydrogen) atoms. The number of para-hydroxylation sites is 1. The zero-order valence-electron chi connectivity index (χ0n) is 14.3. The number of thiophene rings is 1. The Balaban J connectivity index is 1.71. The van der Waals surface area contributed by atoms with Crippen molar-refractivity contribution < 1.29 is 27.3 Å². The lowest BCUT2D eigenvalue weighted by Crippen LogP contribution is -3.10. The van der Waals surface area contributed by atoms with Gasteiger partial charge in [-0.1, -0.05) is 18.2 Å². The highest BCUT2D eigenvalue weighted by Crippen LogP contribution is 2.34. The molecule has 1 aromatic carbocycles. The van der Waals surface area contributed by atoms with E-state index in [9.17, 15) is 18.0 Å². The van der Waals surface area contributed by atoms with E-state index >= 15 is 0 Å². The Bertz CT molecular complexity index is 825. The number of hydrogen-bond donors (Lipinski definition) is 2. The average molecular weight is 395 g/mol. The maximum atomic E-state index is 13.1. The van der Waals surface area contributed by atoms with Gasteiger partial charge in [0, 0.05) is 0 Å². The lowest BCUT2D eigenvalue weighted by molar-refractivity contribution is -0.920. The molecule has 0 aliphatic carbocycles. The van der Waals surface area contributed by atoms with Crippen LogP contribution in [0, 0.1) is 0 Å². The third kappa shape index (κ3) is 5.45. The van der Waals surface area contributed by atoms with Crippen LogP contribution in [-0.4, -0.2) is 12.5 Å². The van der Waals surface area contributed by atoms with Gasteiger partial charge in [0.15, 0.2) is 12.3 Å². The van der Waals surface area contributed by atoms with Crippen molar-refractivity contribution in [3.8, 4) is 0 Å². The van der Waals surface area contributed by atoms with Crippen LogP contribution in [0.1, 0.15) is 16.2 Å². The number of furan rings is 1. The van der Waals surface area contributed by atoms with E-state index in [-0.39, 0.29) is 12.2 Å². The topological polar surface area (TPSA) is 46.7 Å². The highest BCUT2D eigenvalue weighted by molar-refractivity contribution is 7.09. The predicted molar refractivity (Wildman–Crippen MR) is 96.3 cm³/mol. The third-order valence-corrected chi connectivity index (χ3v) is 4.80. The monoisotopic (exact) mass is 395 g/mol. The van der Waals surface area contributed by atoms with Crippen molar-refractivity contribution in [3.63, 3.8) is 0 Å². The van der Waals surface area contributed by atoms with Crippen molar-refractivity contribution in [1.29, 1.82) is 0 Å². The number of hydrogen-bond acceptors (Lipinski definition) is 3. The summed E-state index contributed by atoms with van der Waals surface area (Å²) in [5, 5.41) is 4.34. The van der Waals surface area contributed by atoms with Crippen LogP contribution in [0.5, 0.6) is 0 Å². The Morgan fingerprint density at radius 2 is 1.89 bits per heavy atom. The maximum Gasteiger partial charge on any atom is 0.418 e. The van der Waals surface area contributed by atoms with Gasteiger partial charge in [0.25, 0.3) is 5.91 Å². The molecule has 1 unspecified atom stereocenters. The molecule has 0 spiro atoms. The summed E-state index contributed by atoms with van der Waals surface area (Å²) >= 11 is 1.57. The molecule has 0 fully saturated rings. The van der Waals surface area contributed by atoms with Crippen molar-refractivity contribution in [2.75, 3.05) is 11.9 Å². The molecule has 8 heteroatoms. The summed E-state index contributed by atoms with van der Waals surface area (Å²) in [5.41, 5.74) is -1.09. The van der Waals surface area contributed by atoms with Gasteiger partial charge in [0.2, 0.25) is 0 Å². The highest BCUT2D eigenvalue weighted by atomic mass is 32.1. The van der Waals surface area contributed by atoms with Gasteiger partial charge in [-0.3, -0.25) is 4.79 Å². The van der Waals surface area contributed by atoms with Gasteiger partial charge in [-0.25, -0.2) is 0 Å². The SMILES string of the molecule is O=C(C[NH+](Cc1ccco1)Cc1cccs1)Nc1ccccc1C(F)(F)F. The van der Waals surface area contributed by atoms with E-state index in [1.54, 1.807) is 23.7 Å². The standard InChI is InChI=1S/C19H17F3N2O2S/c20-19(21,22)16-7-1-2-8-17(16)23-18(25)13-24(11-14-5-3-9-26-14)12-15-6-4-10-27-15/h1-10H,11-13H2,(H,23,25)/p+1. The van der Waals surface area contributed by atoms with Gasteiger partial charge < -0.3 is 14.6 Å². The summed E-state index contributed by atoms with van der Waals surface area (Å²) in [6, 6.07) is 12.4. The fourth-order valence-electron chi connectivity index (χ4n) is 2.77. The van der Waals surface area contributed by atoms with E-state index in [0.29, 0.717) is 18.8 Å². The first-order valence-corrected chi connectivity index (χ1v) is 9.14. The molecular formula is C19H18F3N2O2S+. The zero-order chi connectivity index (χ0) is 19.3. The van der Waals surface area contributed by atoms with E-state index in [4.69, 9.17) is 4.42 Å². The predicted octanol–water partition coefficient (Wildman–Crippen LogP) is 3.58. The van der Waals surface area contributed by atoms with E-state index in [1.807, 2.05) is 23.6 Å². The maximum absolute atomic E-state index is 13.1. The highest BCUT2D eigenvalue weighted by Gasteiger charge is 2.33. The van der Waals surface area contributed by atoms with Gasteiger partial charge in [-0.15, -0.1) is 11.3 Å². The minimum Gasteiger partial charge on any atom is -0.463 e. The number of benzene rings is 1. The molecule has 0 saturated heterocycles. The van der Waals surface area contributed by atoms with Gasteiger partial charge in [0.1, 0.15) is 13.1 Å². The smallest absolute Gasteiger partial charge is 0.418 e. The molecular weight excluding hydrogens is 377 g/mol. The third-order valence-electron chi connectivity index (χ3n) is 3.93. The number of amides is 1. The molecule has 142 valence electrons. The Morgan fingerprint density at radius 1 is 1.07 bits per heavy atom. The molecule has 0 radical (unpaired) electrons. The molecule has 3 aromatic rings. The second-order valence-electron chi connectivity index (χ2n) is 6.03. The molecule has 1 atom stereocenters. The minimum absolute atomic E-state index is 0.0186. The van der Waals surface area contributed by atoms with E-state index in [0.717, 1.165) is 15.8 Å². The van der Waals surface area contributed by atoms with Crippen LogP contribution in [0.3, 0.4) is 0 Å².